The van der Waals surface area contributed by atoms with Crippen molar-refractivity contribution in [3.8, 4) is 0 Å². The third-order valence-electron chi connectivity index (χ3n) is 3.08. The van der Waals surface area contributed by atoms with Gasteiger partial charge in [-0.25, -0.2) is 4.98 Å². The van der Waals surface area contributed by atoms with Crippen molar-refractivity contribution in [1.82, 2.24) is 15.3 Å². The quantitative estimate of drug-likeness (QED) is 0.693. The van der Waals surface area contributed by atoms with E-state index in [0.29, 0.717) is 17.8 Å². The lowest BCUT2D eigenvalue weighted by Gasteiger charge is -2.04. The molecular weight excluding hydrogens is 254 g/mol. The highest BCUT2D eigenvalue weighted by Crippen LogP contribution is 2.05. The standard InChI is InChI=1S/C15H15N3O2/c19-15-12-5-1-2-6-13(12)17-14(18-15)10-16-8-7-11-4-3-9-20-11/h1-6,9,16H,7-8,10H2,(H,17,18,19). The fourth-order valence-electron chi connectivity index (χ4n) is 2.09. The van der Waals surface area contributed by atoms with Crippen LogP contribution in [0.1, 0.15) is 11.6 Å². The average molecular weight is 269 g/mol. The van der Waals surface area contributed by atoms with Crippen LogP contribution < -0.4 is 10.9 Å². The smallest absolute Gasteiger partial charge is 0.258 e. The number of para-hydroxylation sites is 1. The summed E-state index contributed by atoms with van der Waals surface area (Å²) in [7, 11) is 0. The SMILES string of the molecule is O=c1[nH]c(CNCCc2ccco2)nc2ccccc12. The van der Waals surface area contributed by atoms with Crippen molar-refractivity contribution in [3.63, 3.8) is 0 Å². The molecular formula is C15H15N3O2. The van der Waals surface area contributed by atoms with Crippen molar-refractivity contribution < 1.29 is 4.42 Å². The highest BCUT2D eigenvalue weighted by Gasteiger charge is 2.02. The second kappa shape index (κ2) is 5.71. The first-order valence-electron chi connectivity index (χ1n) is 6.54. The summed E-state index contributed by atoms with van der Waals surface area (Å²) in [6.45, 7) is 1.30. The van der Waals surface area contributed by atoms with Crippen LogP contribution >= 0.6 is 0 Å². The van der Waals surface area contributed by atoms with E-state index in [0.717, 1.165) is 24.2 Å². The highest BCUT2D eigenvalue weighted by atomic mass is 16.3. The summed E-state index contributed by atoms with van der Waals surface area (Å²) in [4.78, 5) is 19.1. The number of H-pyrrole nitrogens is 1. The maximum Gasteiger partial charge on any atom is 0.258 e. The first-order chi connectivity index (χ1) is 9.83. The fourth-order valence-corrected chi connectivity index (χ4v) is 2.09. The molecule has 2 N–H and O–H groups in total. The monoisotopic (exact) mass is 269 g/mol. The van der Waals surface area contributed by atoms with Gasteiger partial charge in [-0.15, -0.1) is 0 Å². The van der Waals surface area contributed by atoms with Gasteiger partial charge in [0.05, 0.1) is 23.7 Å². The van der Waals surface area contributed by atoms with Crippen molar-refractivity contribution in [3.05, 3.63) is 64.6 Å². The summed E-state index contributed by atoms with van der Waals surface area (Å²) in [5, 5.41) is 3.86. The number of hydrogen-bond acceptors (Lipinski definition) is 4. The van der Waals surface area contributed by atoms with Crippen LogP contribution in [-0.4, -0.2) is 16.5 Å². The van der Waals surface area contributed by atoms with Crippen LogP contribution in [0.4, 0.5) is 0 Å². The van der Waals surface area contributed by atoms with Gasteiger partial charge in [0.15, 0.2) is 0 Å². The highest BCUT2D eigenvalue weighted by molar-refractivity contribution is 5.77. The van der Waals surface area contributed by atoms with Gasteiger partial charge in [-0.2, -0.15) is 0 Å². The van der Waals surface area contributed by atoms with E-state index in [1.54, 1.807) is 12.3 Å². The lowest BCUT2D eigenvalue weighted by molar-refractivity contribution is 0.497. The molecule has 3 rings (SSSR count). The zero-order chi connectivity index (χ0) is 13.8. The minimum absolute atomic E-state index is 0.0987. The van der Waals surface area contributed by atoms with Crippen molar-refractivity contribution in [2.75, 3.05) is 6.54 Å². The number of furan rings is 1. The van der Waals surface area contributed by atoms with Crippen LogP contribution in [0.25, 0.3) is 10.9 Å². The predicted molar refractivity (Wildman–Crippen MR) is 76.5 cm³/mol. The van der Waals surface area contributed by atoms with Gasteiger partial charge in [0, 0.05) is 13.0 Å². The van der Waals surface area contributed by atoms with Crippen LogP contribution in [0.15, 0.2) is 51.9 Å². The Morgan fingerprint density at radius 1 is 1.20 bits per heavy atom. The van der Waals surface area contributed by atoms with Crippen LogP contribution in [0.2, 0.25) is 0 Å². The zero-order valence-electron chi connectivity index (χ0n) is 10.9. The number of nitrogens with zero attached hydrogens (tertiary/aromatic N) is 1. The van der Waals surface area contributed by atoms with E-state index >= 15 is 0 Å². The summed E-state index contributed by atoms with van der Waals surface area (Å²) in [5.41, 5.74) is 0.623. The fraction of sp³-hybridized carbons (Fsp3) is 0.200. The lowest BCUT2D eigenvalue weighted by Crippen LogP contribution is -2.21. The molecule has 0 atom stereocenters. The second-order valence-corrected chi connectivity index (χ2v) is 4.54. The number of fused-ring (bicyclic) bond motifs is 1. The zero-order valence-corrected chi connectivity index (χ0v) is 10.9. The Bertz CT molecular complexity index is 747. The molecule has 102 valence electrons. The maximum atomic E-state index is 11.9. The van der Waals surface area contributed by atoms with E-state index in [-0.39, 0.29) is 5.56 Å². The summed E-state index contributed by atoms with van der Waals surface area (Å²) in [6.07, 6.45) is 2.47. The molecule has 0 aliphatic carbocycles. The molecule has 1 aromatic carbocycles. The number of rotatable bonds is 5. The van der Waals surface area contributed by atoms with E-state index in [4.69, 9.17) is 4.42 Å². The first-order valence-corrected chi connectivity index (χ1v) is 6.54. The van der Waals surface area contributed by atoms with Crippen molar-refractivity contribution >= 4 is 10.9 Å². The van der Waals surface area contributed by atoms with Gasteiger partial charge >= 0.3 is 0 Å². The molecule has 0 radical (unpaired) electrons. The molecule has 0 spiro atoms. The van der Waals surface area contributed by atoms with E-state index in [2.05, 4.69) is 15.3 Å². The maximum absolute atomic E-state index is 11.9. The van der Waals surface area contributed by atoms with Gasteiger partial charge < -0.3 is 14.7 Å². The van der Waals surface area contributed by atoms with Gasteiger partial charge in [0.1, 0.15) is 11.6 Å². The number of aromatic amines is 1. The normalized spacial score (nSPS) is 11.0. The largest absolute Gasteiger partial charge is 0.469 e. The molecule has 0 amide bonds. The van der Waals surface area contributed by atoms with Crippen molar-refractivity contribution in [1.29, 1.82) is 0 Å². The number of aromatic nitrogens is 2. The molecule has 0 unspecified atom stereocenters. The van der Waals surface area contributed by atoms with E-state index in [1.165, 1.54) is 0 Å². The molecule has 0 saturated heterocycles. The molecule has 0 aliphatic rings. The molecule has 0 aliphatic heterocycles. The summed E-state index contributed by atoms with van der Waals surface area (Å²) in [5.74, 6) is 1.59. The number of benzene rings is 1. The van der Waals surface area contributed by atoms with Crippen molar-refractivity contribution in [2.24, 2.45) is 0 Å². The minimum atomic E-state index is -0.0987. The third kappa shape index (κ3) is 2.78. The predicted octanol–water partition coefficient (Wildman–Crippen LogP) is 1.85. The van der Waals surface area contributed by atoms with Crippen LogP contribution in [0.3, 0.4) is 0 Å². The Morgan fingerprint density at radius 2 is 2.10 bits per heavy atom. The molecule has 5 nitrogen and oxygen atoms in total. The minimum Gasteiger partial charge on any atom is -0.469 e. The molecule has 3 aromatic rings. The summed E-state index contributed by atoms with van der Waals surface area (Å²) in [6, 6.07) is 11.1. The molecule has 0 bridgehead atoms. The van der Waals surface area contributed by atoms with Gasteiger partial charge in [0.2, 0.25) is 0 Å². The number of hydrogen-bond donors (Lipinski definition) is 2. The van der Waals surface area contributed by atoms with Gasteiger partial charge in [0.25, 0.3) is 5.56 Å². The van der Waals surface area contributed by atoms with Crippen LogP contribution in [0, 0.1) is 0 Å². The molecule has 5 heteroatoms. The third-order valence-corrected chi connectivity index (χ3v) is 3.08. The summed E-state index contributed by atoms with van der Waals surface area (Å²) < 4.78 is 5.25. The molecule has 0 fully saturated rings. The molecule has 20 heavy (non-hydrogen) atoms. The van der Waals surface area contributed by atoms with Gasteiger partial charge in [-0.3, -0.25) is 4.79 Å². The Morgan fingerprint density at radius 3 is 2.95 bits per heavy atom. The van der Waals surface area contributed by atoms with Crippen LogP contribution in [0.5, 0.6) is 0 Å². The first kappa shape index (κ1) is 12.6. The Labute approximate surface area is 115 Å². The molecule has 2 aromatic heterocycles. The van der Waals surface area contributed by atoms with Crippen molar-refractivity contribution in [2.45, 2.75) is 13.0 Å². The van der Waals surface area contributed by atoms with Gasteiger partial charge in [-0.05, 0) is 24.3 Å². The Balaban J connectivity index is 1.64. The van der Waals surface area contributed by atoms with Crippen LogP contribution in [-0.2, 0) is 13.0 Å². The Hall–Kier alpha value is -2.40. The summed E-state index contributed by atoms with van der Waals surface area (Å²) >= 11 is 0. The van der Waals surface area contributed by atoms with E-state index in [1.807, 2.05) is 30.3 Å². The van der Waals surface area contributed by atoms with Gasteiger partial charge in [-0.1, -0.05) is 12.1 Å². The second-order valence-electron chi connectivity index (χ2n) is 4.54. The lowest BCUT2D eigenvalue weighted by atomic mass is 10.2. The average Bonchev–Trinajstić information content (AvgIpc) is 2.97. The molecule has 0 saturated carbocycles. The molecule has 2 heterocycles. The van der Waals surface area contributed by atoms with E-state index < -0.39 is 0 Å². The number of nitrogens with one attached hydrogen (secondary N) is 2. The topological polar surface area (TPSA) is 70.9 Å². The van der Waals surface area contributed by atoms with E-state index in [9.17, 15) is 4.79 Å². The Kier molecular flexibility index (Phi) is 3.60.